The van der Waals surface area contributed by atoms with Gasteiger partial charge >= 0.3 is 0 Å². The fourth-order valence-corrected chi connectivity index (χ4v) is 9.15. The summed E-state index contributed by atoms with van der Waals surface area (Å²) in [5.74, 6) is 0.132. The third kappa shape index (κ3) is 9.39. The molecule has 0 fully saturated rings. The Morgan fingerprint density at radius 2 is 0.458 bits per heavy atom. The first kappa shape index (κ1) is 44.8. The van der Waals surface area contributed by atoms with Gasteiger partial charge in [-0.05, 0) is 116 Å². The largest absolute Gasteiger partial charge is 0.483 e. The van der Waals surface area contributed by atoms with Gasteiger partial charge < -0.3 is 40.2 Å². The van der Waals surface area contributed by atoms with E-state index in [1.165, 1.54) is 0 Å². The van der Waals surface area contributed by atoms with E-state index in [4.69, 9.17) is 18.9 Å². The molecular weight excluding hydrogens is 905 g/mol. The van der Waals surface area contributed by atoms with Crippen molar-refractivity contribution in [3.63, 3.8) is 0 Å². The summed E-state index contributed by atoms with van der Waals surface area (Å²) in [6.07, 6.45) is 0. The molecule has 12 nitrogen and oxygen atoms in total. The van der Waals surface area contributed by atoms with Crippen molar-refractivity contribution >= 4 is 89.5 Å². The van der Waals surface area contributed by atoms with Gasteiger partial charge in [0.05, 0.1) is 0 Å². The Morgan fingerprint density at radius 3 is 0.681 bits per heavy atom. The normalized spacial score (nSPS) is 13.8. The molecule has 4 bridgehead atoms. The van der Waals surface area contributed by atoms with Gasteiger partial charge in [-0.2, -0.15) is 0 Å². The molecule has 14 rings (SSSR count). The summed E-state index contributed by atoms with van der Waals surface area (Å²) in [4.78, 5) is 54.2. The topological polar surface area (TPSA) is 153 Å². The maximum Gasteiger partial charge on any atom is 0.262 e. The minimum atomic E-state index is -0.405. The highest BCUT2D eigenvalue weighted by Crippen LogP contribution is 2.47. The van der Waals surface area contributed by atoms with E-state index in [9.17, 15) is 19.2 Å². The number of amides is 4. The Labute approximate surface area is 413 Å². The molecule has 4 N–H and O–H groups in total. The van der Waals surface area contributed by atoms with Gasteiger partial charge in [0.15, 0.2) is 26.4 Å². The SMILES string of the molecule is O=C1COc2ccc3ccccc3c2-c2c(ccc3ccccc23)OCC(=O)Nc2ccc(cc2)NC(=O)COc2ccc3ccccc3c2-c2c(ccc3ccccc23)OCC(=O)Nc2ccc(cc2)N1. The van der Waals surface area contributed by atoms with Gasteiger partial charge in [-0.25, -0.2) is 0 Å². The van der Waals surface area contributed by atoms with Crippen molar-refractivity contribution in [3.05, 3.63) is 194 Å². The van der Waals surface area contributed by atoms with Gasteiger partial charge in [-0.1, -0.05) is 121 Å². The van der Waals surface area contributed by atoms with E-state index in [1.54, 1.807) is 48.5 Å². The molecule has 0 aromatic heterocycles. The lowest BCUT2D eigenvalue weighted by molar-refractivity contribution is -0.118. The van der Waals surface area contributed by atoms with Crippen LogP contribution in [0.25, 0.3) is 65.3 Å². The van der Waals surface area contributed by atoms with Crippen molar-refractivity contribution in [2.24, 2.45) is 0 Å². The van der Waals surface area contributed by atoms with Gasteiger partial charge in [0.1, 0.15) is 23.0 Å². The lowest BCUT2D eigenvalue weighted by Crippen LogP contribution is -2.22. The second-order valence-corrected chi connectivity index (χ2v) is 17.1. The van der Waals surface area contributed by atoms with Crippen molar-refractivity contribution < 1.29 is 38.1 Å². The van der Waals surface area contributed by atoms with E-state index in [1.807, 2.05) is 146 Å². The third-order valence-corrected chi connectivity index (χ3v) is 12.4. The molecule has 0 spiro atoms. The monoisotopic (exact) mass is 948 g/mol. The van der Waals surface area contributed by atoms with E-state index >= 15 is 0 Å². The summed E-state index contributed by atoms with van der Waals surface area (Å²) in [6, 6.07) is 60.0. The fraction of sp³-hybridized carbons (Fsp3) is 0.0667. The minimum Gasteiger partial charge on any atom is -0.483 e. The number of hydrogen-bond donors (Lipinski definition) is 4. The highest BCUT2D eigenvalue weighted by atomic mass is 16.5. The predicted octanol–water partition coefficient (Wildman–Crippen LogP) is 12.0. The van der Waals surface area contributed by atoms with E-state index in [2.05, 4.69) is 21.3 Å². The fourth-order valence-electron chi connectivity index (χ4n) is 9.15. The van der Waals surface area contributed by atoms with Crippen LogP contribution >= 0.6 is 0 Å². The average Bonchev–Trinajstić information content (AvgIpc) is 3.41. The van der Waals surface area contributed by atoms with Gasteiger partial charge in [0.2, 0.25) is 0 Å². The Balaban J connectivity index is 0.930. The average molecular weight is 949 g/mol. The summed E-state index contributed by atoms with van der Waals surface area (Å²) in [5, 5.41) is 18.8. The molecule has 4 aliphatic rings. The Kier molecular flexibility index (Phi) is 12.3. The number of anilines is 4. The Bertz CT molecular complexity index is 3250. The Morgan fingerprint density at radius 1 is 0.250 bits per heavy atom. The minimum absolute atomic E-state index is 0.323. The standard InChI is InChI=1S/C60H44N4O8/c65-53-33-69-49-29-17-37-9-1-5-13-45(37)57(49)58-46-14-6-2-10-38(46)18-30-50(58)70-34-54(66)62-42-25-27-44(28-26-42)64-56(68)36-72-52-32-20-40-12-4-8-16-48(40)60(52)59-47-15-7-3-11-39(47)19-31-51(59)71-35-55(67)63-43-23-21-41(61-53)22-24-43/h1-32H,33-36H2,(H,61,65)(H,62,66)(H,63,67)(H,64,68). The van der Waals surface area contributed by atoms with E-state index in [-0.39, 0.29) is 26.4 Å². The van der Waals surface area contributed by atoms with Crippen LogP contribution in [0.5, 0.6) is 23.0 Å². The molecule has 12 heteroatoms. The number of carbonyl (C=O) groups is 4. The third-order valence-electron chi connectivity index (χ3n) is 12.4. The van der Waals surface area contributed by atoms with Crippen LogP contribution in [0.15, 0.2) is 194 Å². The zero-order valence-electron chi connectivity index (χ0n) is 38.6. The maximum atomic E-state index is 13.5. The summed E-state index contributed by atoms with van der Waals surface area (Å²) < 4.78 is 25.4. The molecule has 72 heavy (non-hydrogen) atoms. The van der Waals surface area contributed by atoms with Crippen molar-refractivity contribution in [3.8, 4) is 45.3 Å². The molecule has 0 unspecified atom stereocenters. The first-order valence-corrected chi connectivity index (χ1v) is 23.3. The molecule has 0 aliphatic carbocycles. The zero-order chi connectivity index (χ0) is 49.0. The molecule has 0 saturated heterocycles. The second kappa shape index (κ2) is 19.7. The molecular formula is C60H44N4O8. The molecule has 0 saturated carbocycles. The summed E-state index contributed by atoms with van der Waals surface area (Å²) in [6.45, 7) is -1.29. The highest BCUT2D eigenvalue weighted by molar-refractivity contribution is 6.12. The van der Waals surface area contributed by atoms with E-state index in [0.717, 1.165) is 43.1 Å². The molecule has 4 amide bonds. The second-order valence-electron chi connectivity index (χ2n) is 17.1. The maximum absolute atomic E-state index is 13.5. The lowest BCUT2D eigenvalue weighted by Gasteiger charge is -2.20. The highest BCUT2D eigenvalue weighted by Gasteiger charge is 2.23. The van der Waals surface area contributed by atoms with Gasteiger partial charge in [-0.3, -0.25) is 19.2 Å². The van der Waals surface area contributed by atoms with Crippen LogP contribution in [0.2, 0.25) is 0 Å². The number of carbonyl (C=O) groups excluding carboxylic acids is 4. The van der Waals surface area contributed by atoms with Gasteiger partial charge in [0.25, 0.3) is 23.6 Å². The molecule has 10 aromatic carbocycles. The van der Waals surface area contributed by atoms with E-state index < -0.39 is 23.6 Å². The lowest BCUT2D eigenvalue weighted by atomic mass is 9.92. The van der Waals surface area contributed by atoms with Crippen LogP contribution in [-0.2, 0) is 19.2 Å². The molecule has 352 valence electrons. The van der Waals surface area contributed by atoms with Crippen molar-refractivity contribution in [1.82, 2.24) is 0 Å². The van der Waals surface area contributed by atoms with Gasteiger partial charge in [-0.15, -0.1) is 0 Å². The molecule has 4 aliphatic heterocycles. The van der Waals surface area contributed by atoms with Crippen LogP contribution in [0.3, 0.4) is 0 Å². The van der Waals surface area contributed by atoms with Crippen LogP contribution in [0.1, 0.15) is 0 Å². The first-order chi connectivity index (χ1) is 35.3. The van der Waals surface area contributed by atoms with Crippen molar-refractivity contribution in [2.75, 3.05) is 47.7 Å². The number of benzene rings is 10. The predicted molar refractivity (Wildman–Crippen MR) is 283 cm³/mol. The smallest absolute Gasteiger partial charge is 0.262 e. The van der Waals surface area contributed by atoms with Crippen LogP contribution in [-0.4, -0.2) is 50.1 Å². The molecule has 10 aromatic rings. The Hall–Kier alpha value is -9.68. The number of rotatable bonds is 0. The number of fused-ring (bicyclic) bond motifs is 4. The van der Waals surface area contributed by atoms with Gasteiger partial charge in [0, 0.05) is 45.0 Å². The first-order valence-electron chi connectivity index (χ1n) is 23.3. The number of ether oxygens (including phenoxy) is 4. The number of nitrogens with one attached hydrogen (secondary N) is 4. The summed E-state index contributed by atoms with van der Waals surface area (Å²) in [7, 11) is 0. The zero-order valence-corrected chi connectivity index (χ0v) is 38.6. The molecule has 0 radical (unpaired) electrons. The van der Waals surface area contributed by atoms with Crippen molar-refractivity contribution in [2.45, 2.75) is 0 Å². The van der Waals surface area contributed by atoms with Crippen LogP contribution < -0.4 is 40.2 Å². The van der Waals surface area contributed by atoms with Crippen molar-refractivity contribution in [1.29, 1.82) is 0 Å². The molecule has 4 heterocycles. The van der Waals surface area contributed by atoms with E-state index in [0.29, 0.717) is 68.0 Å². The van der Waals surface area contributed by atoms with Crippen LogP contribution in [0.4, 0.5) is 22.7 Å². The quantitative estimate of drug-likeness (QED) is 0.117. The summed E-state index contributed by atoms with van der Waals surface area (Å²) in [5.41, 5.74) is 4.75. The molecule has 0 atom stereocenters. The summed E-state index contributed by atoms with van der Waals surface area (Å²) >= 11 is 0. The van der Waals surface area contributed by atoms with Crippen LogP contribution in [0, 0.1) is 0 Å². The number of hydrogen-bond acceptors (Lipinski definition) is 8.